The van der Waals surface area contributed by atoms with Crippen molar-refractivity contribution in [3.05, 3.63) is 49.1 Å². The van der Waals surface area contributed by atoms with Crippen molar-refractivity contribution in [3.63, 3.8) is 0 Å². The number of hydrogen-bond donors (Lipinski definition) is 1. The number of hydrogen-bond acceptors (Lipinski definition) is 10. The van der Waals surface area contributed by atoms with Crippen LogP contribution in [0.15, 0.2) is 21.7 Å². The SMILES string of the molecule is COCc1c(Br)c(C)nc(OCC(=O)N/N=C\c2cc3c(cc2[N+](=O)[O-])OCO3)c1C#N. The fraction of sp³-hybridized carbons (Fsp3) is 0.263. The smallest absolute Gasteiger partial charge is 0.282 e. The van der Waals surface area contributed by atoms with Crippen LogP contribution in [0.1, 0.15) is 22.4 Å². The second kappa shape index (κ2) is 10.0. The number of aryl methyl sites for hydroxylation is 1. The maximum Gasteiger partial charge on any atom is 0.282 e. The molecule has 0 saturated heterocycles. The third-order valence-electron chi connectivity index (χ3n) is 4.22. The Balaban J connectivity index is 1.69. The van der Waals surface area contributed by atoms with Crippen LogP contribution < -0.4 is 19.6 Å². The quantitative estimate of drug-likeness (QED) is 0.322. The molecular formula is C19H16BrN5O7. The summed E-state index contributed by atoms with van der Waals surface area (Å²) in [5.41, 5.74) is 3.29. The predicted octanol–water partition coefficient (Wildman–Crippen LogP) is 2.34. The van der Waals surface area contributed by atoms with Gasteiger partial charge in [-0.1, -0.05) is 0 Å². The van der Waals surface area contributed by atoms with Crippen molar-refractivity contribution in [2.24, 2.45) is 5.10 Å². The Morgan fingerprint density at radius 2 is 2.19 bits per heavy atom. The number of pyridine rings is 1. The van der Waals surface area contributed by atoms with E-state index in [1.54, 1.807) is 6.92 Å². The number of halogens is 1. The van der Waals surface area contributed by atoms with Crippen LogP contribution in [0.3, 0.4) is 0 Å². The van der Waals surface area contributed by atoms with Crippen molar-refractivity contribution in [1.29, 1.82) is 5.26 Å². The third kappa shape index (κ3) is 4.93. The minimum atomic E-state index is -0.663. The number of nitrogens with zero attached hydrogens (tertiary/aromatic N) is 4. The monoisotopic (exact) mass is 505 g/mol. The average Bonchev–Trinajstić information content (AvgIpc) is 3.22. The molecule has 0 spiro atoms. The van der Waals surface area contributed by atoms with E-state index in [4.69, 9.17) is 18.9 Å². The lowest BCUT2D eigenvalue weighted by molar-refractivity contribution is -0.385. The number of hydrazone groups is 1. The molecule has 0 saturated carbocycles. The number of nitrogens with one attached hydrogen (secondary N) is 1. The van der Waals surface area contributed by atoms with Gasteiger partial charge < -0.3 is 18.9 Å². The molecule has 1 N–H and O–H groups in total. The van der Waals surface area contributed by atoms with E-state index in [0.29, 0.717) is 21.5 Å². The van der Waals surface area contributed by atoms with Gasteiger partial charge in [-0.15, -0.1) is 0 Å². The van der Waals surface area contributed by atoms with E-state index in [0.717, 1.165) is 6.21 Å². The molecule has 32 heavy (non-hydrogen) atoms. The number of ether oxygens (including phenoxy) is 4. The Morgan fingerprint density at radius 1 is 1.47 bits per heavy atom. The highest BCUT2D eigenvalue weighted by Crippen LogP contribution is 2.37. The molecule has 166 valence electrons. The lowest BCUT2D eigenvalue weighted by Gasteiger charge is -2.13. The number of nitriles is 1. The maximum atomic E-state index is 12.1. The van der Waals surface area contributed by atoms with Crippen molar-refractivity contribution >= 4 is 33.7 Å². The Morgan fingerprint density at radius 3 is 2.84 bits per heavy atom. The van der Waals surface area contributed by atoms with Crippen LogP contribution in [0.25, 0.3) is 0 Å². The second-order valence-corrected chi connectivity index (χ2v) is 7.11. The number of rotatable bonds is 8. The number of aromatic nitrogens is 1. The predicted molar refractivity (Wildman–Crippen MR) is 113 cm³/mol. The van der Waals surface area contributed by atoms with Crippen molar-refractivity contribution in [3.8, 4) is 23.4 Å². The van der Waals surface area contributed by atoms with Crippen LogP contribution >= 0.6 is 15.9 Å². The van der Waals surface area contributed by atoms with Crippen molar-refractivity contribution in [2.45, 2.75) is 13.5 Å². The zero-order chi connectivity index (χ0) is 23.3. The molecule has 1 aliphatic heterocycles. The number of nitro groups is 1. The molecule has 0 unspecified atom stereocenters. The lowest BCUT2D eigenvalue weighted by Crippen LogP contribution is -2.25. The zero-order valence-corrected chi connectivity index (χ0v) is 18.5. The molecule has 1 aliphatic rings. The molecule has 2 heterocycles. The Labute approximate surface area is 190 Å². The number of fused-ring (bicyclic) bond motifs is 1. The van der Waals surface area contributed by atoms with E-state index < -0.39 is 17.4 Å². The number of nitro benzene ring substituents is 1. The third-order valence-corrected chi connectivity index (χ3v) is 5.27. The molecule has 0 fully saturated rings. The first-order valence-electron chi connectivity index (χ1n) is 8.96. The van der Waals surface area contributed by atoms with Gasteiger partial charge in [0.2, 0.25) is 12.7 Å². The molecule has 0 aliphatic carbocycles. The average molecular weight is 506 g/mol. The summed E-state index contributed by atoms with van der Waals surface area (Å²) < 4.78 is 21.4. The van der Waals surface area contributed by atoms with Gasteiger partial charge >= 0.3 is 0 Å². The van der Waals surface area contributed by atoms with Gasteiger partial charge in [0.1, 0.15) is 11.6 Å². The summed E-state index contributed by atoms with van der Waals surface area (Å²) in [7, 11) is 1.49. The number of amides is 1. The fourth-order valence-electron chi connectivity index (χ4n) is 2.76. The van der Waals surface area contributed by atoms with E-state index in [2.05, 4.69) is 31.4 Å². The van der Waals surface area contributed by atoms with Gasteiger partial charge in [-0.25, -0.2) is 10.4 Å². The summed E-state index contributed by atoms with van der Waals surface area (Å²) in [6.45, 7) is 1.32. The van der Waals surface area contributed by atoms with Crippen LogP contribution in [0.2, 0.25) is 0 Å². The molecule has 2 aromatic rings. The summed E-state index contributed by atoms with van der Waals surface area (Å²) in [5.74, 6) is -0.0982. The topological polar surface area (TPSA) is 158 Å². The number of methoxy groups -OCH3 is 1. The van der Waals surface area contributed by atoms with Crippen LogP contribution in [0.5, 0.6) is 17.4 Å². The van der Waals surface area contributed by atoms with Crippen LogP contribution in [-0.4, -0.2) is 42.5 Å². The molecule has 0 atom stereocenters. The summed E-state index contributed by atoms with van der Waals surface area (Å²) in [6, 6.07) is 4.60. The first kappa shape index (κ1) is 22.9. The molecule has 1 aromatic heterocycles. The maximum absolute atomic E-state index is 12.1. The van der Waals surface area contributed by atoms with E-state index in [-0.39, 0.29) is 41.8 Å². The highest BCUT2D eigenvalue weighted by Gasteiger charge is 2.23. The number of carbonyl (C=O) groups is 1. The standard InChI is InChI=1S/C19H16BrN5O7/c1-10-18(20)13(7-29-2)12(5-21)19(23-10)30-8-17(26)24-22-6-11-3-15-16(32-9-31-15)4-14(11)25(27)28/h3-4,6H,7-9H2,1-2H3,(H,24,26)/b22-6-. The van der Waals surface area contributed by atoms with E-state index in [1.165, 1.54) is 19.2 Å². The molecule has 1 aromatic carbocycles. The minimum absolute atomic E-state index is 0.0224. The van der Waals surface area contributed by atoms with Crippen molar-refractivity contribution < 1.29 is 28.7 Å². The number of carbonyl (C=O) groups excluding carboxylic acids is 1. The van der Waals surface area contributed by atoms with Gasteiger partial charge in [0.15, 0.2) is 18.1 Å². The molecular weight excluding hydrogens is 490 g/mol. The first-order chi connectivity index (χ1) is 15.3. The molecule has 3 rings (SSSR count). The van der Waals surface area contributed by atoms with E-state index >= 15 is 0 Å². The molecule has 12 nitrogen and oxygen atoms in total. The summed E-state index contributed by atoms with van der Waals surface area (Å²) >= 11 is 3.37. The van der Waals surface area contributed by atoms with Crippen LogP contribution in [0, 0.1) is 28.4 Å². The van der Waals surface area contributed by atoms with Gasteiger partial charge in [0.25, 0.3) is 11.6 Å². The van der Waals surface area contributed by atoms with Gasteiger partial charge in [0.05, 0.1) is 35.1 Å². The highest BCUT2D eigenvalue weighted by molar-refractivity contribution is 9.10. The Hall–Kier alpha value is -3.76. The lowest BCUT2D eigenvalue weighted by atomic mass is 10.1. The van der Waals surface area contributed by atoms with Crippen molar-refractivity contribution in [2.75, 3.05) is 20.5 Å². The molecule has 0 radical (unpaired) electrons. The van der Waals surface area contributed by atoms with Gasteiger partial charge in [-0.3, -0.25) is 14.9 Å². The van der Waals surface area contributed by atoms with Gasteiger partial charge in [-0.2, -0.15) is 10.4 Å². The van der Waals surface area contributed by atoms with Crippen LogP contribution in [-0.2, 0) is 16.1 Å². The number of benzene rings is 1. The molecule has 1 amide bonds. The Bertz CT molecular complexity index is 1150. The summed E-state index contributed by atoms with van der Waals surface area (Å²) in [6.07, 6.45) is 1.11. The summed E-state index contributed by atoms with van der Waals surface area (Å²) in [4.78, 5) is 26.9. The summed E-state index contributed by atoms with van der Waals surface area (Å²) in [5, 5.41) is 24.5. The normalized spacial score (nSPS) is 11.9. The van der Waals surface area contributed by atoms with Gasteiger partial charge in [-0.05, 0) is 28.9 Å². The molecule has 0 bridgehead atoms. The fourth-order valence-corrected chi connectivity index (χ4v) is 3.16. The largest absolute Gasteiger partial charge is 0.467 e. The highest BCUT2D eigenvalue weighted by atomic mass is 79.9. The first-order valence-corrected chi connectivity index (χ1v) is 9.75. The molecule has 13 heteroatoms. The van der Waals surface area contributed by atoms with Crippen molar-refractivity contribution in [1.82, 2.24) is 10.4 Å². The second-order valence-electron chi connectivity index (χ2n) is 6.32. The zero-order valence-electron chi connectivity index (χ0n) is 16.9. The van der Waals surface area contributed by atoms with Crippen LogP contribution in [0.4, 0.5) is 5.69 Å². The van der Waals surface area contributed by atoms with E-state index in [9.17, 15) is 20.2 Å². The minimum Gasteiger partial charge on any atom is -0.467 e. The van der Waals surface area contributed by atoms with Gasteiger partial charge in [0, 0.05) is 17.1 Å². The van der Waals surface area contributed by atoms with E-state index in [1.807, 2.05) is 6.07 Å². The Kier molecular flexibility index (Phi) is 7.18.